The SMILES string of the molecule is CCCc1nnc(NC(=O)c2cccc(OC(F)F)c2)s1. The Morgan fingerprint density at radius 1 is 1.43 bits per heavy atom. The molecule has 0 fully saturated rings. The summed E-state index contributed by atoms with van der Waals surface area (Å²) in [5.41, 5.74) is 0.209. The van der Waals surface area contributed by atoms with Gasteiger partial charge in [0.2, 0.25) is 5.13 Å². The highest BCUT2D eigenvalue weighted by atomic mass is 32.1. The summed E-state index contributed by atoms with van der Waals surface area (Å²) in [5, 5.41) is 11.6. The molecule has 21 heavy (non-hydrogen) atoms. The normalized spacial score (nSPS) is 10.7. The van der Waals surface area contributed by atoms with Crippen molar-refractivity contribution in [3.8, 4) is 5.75 Å². The number of amides is 1. The summed E-state index contributed by atoms with van der Waals surface area (Å²) >= 11 is 1.29. The second-order valence-corrected chi connectivity index (χ2v) is 5.17. The maximum absolute atomic E-state index is 12.1. The minimum absolute atomic E-state index is 0.0680. The van der Waals surface area contributed by atoms with E-state index < -0.39 is 12.5 Å². The predicted octanol–water partition coefficient (Wildman–Crippen LogP) is 3.34. The van der Waals surface area contributed by atoms with Gasteiger partial charge in [0, 0.05) is 12.0 Å². The molecular weight excluding hydrogens is 300 g/mol. The van der Waals surface area contributed by atoms with Gasteiger partial charge < -0.3 is 4.74 Å². The third kappa shape index (κ3) is 4.45. The zero-order valence-corrected chi connectivity index (χ0v) is 12.0. The van der Waals surface area contributed by atoms with Crippen molar-refractivity contribution in [1.29, 1.82) is 0 Å². The van der Waals surface area contributed by atoms with Crippen LogP contribution in [0, 0.1) is 0 Å². The van der Waals surface area contributed by atoms with Crippen LogP contribution in [0.25, 0.3) is 0 Å². The quantitative estimate of drug-likeness (QED) is 0.888. The van der Waals surface area contributed by atoms with Crippen LogP contribution in [-0.2, 0) is 6.42 Å². The minimum atomic E-state index is -2.93. The molecule has 112 valence electrons. The molecule has 0 spiro atoms. The molecule has 0 unspecified atom stereocenters. The molecule has 1 amide bonds. The number of hydrogen-bond acceptors (Lipinski definition) is 5. The zero-order chi connectivity index (χ0) is 15.2. The van der Waals surface area contributed by atoms with E-state index in [1.807, 2.05) is 6.92 Å². The number of benzene rings is 1. The number of nitrogens with one attached hydrogen (secondary N) is 1. The van der Waals surface area contributed by atoms with Crippen LogP contribution in [0.3, 0.4) is 0 Å². The molecule has 0 aliphatic heterocycles. The molecule has 1 heterocycles. The van der Waals surface area contributed by atoms with Gasteiger partial charge in [0.25, 0.3) is 5.91 Å². The van der Waals surface area contributed by atoms with E-state index in [4.69, 9.17) is 0 Å². The number of carbonyl (C=O) groups excluding carboxylic acids is 1. The molecule has 0 aliphatic carbocycles. The Bertz CT molecular complexity index is 619. The van der Waals surface area contributed by atoms with Crippen molar-refractivity contribution in [2.75, 3.05) is 5.32 Å². The number of carbonyl (C=O) groups is 1. The molecule has 2 aromatic rings. The Labute approximate surface area is 124 Å². The van der Waals surface area contributed by atoms with Crippen LogP contribution in [-0.4, -0.2) is 22.7 Å². The van der Waals surface area contributed by atoms with Crippen LogP contribution < -0.4 is 10.1 Å². The van der Waals surface area contributed by atoms with Gasteiger partial charge in [0.1, 0.15) is 10.8 Å². The summed E-state index contributed by atoms with van der Waals surface area (Å²) in [4.78, 5) is 12.0. The van der Waals surface area contributed by atoms with Gasteiger partial charge in [-0.3, -0.25) is 10.1 Å². The van der Waals surface area contributed by atoms with Crippen molar-refractivity contribution in [1.82, 2.24) is 10.2 Å². The lowest BCUT2D eigenvalue weighted by molar-refractivity contribution is -0.0498. The summed E-state index contributed by atoms with van der Waals surface area (Å²) in [6.07, 6.45) is 1.74. The van der Waals surface area contributed by atoms with Gasteiger partial charge in [-0.15, -0.1) is 10.2 Å². The lowest BCUT2D eigenvalue weighted by Crippen LogP contribution is -2.12. The molecule has 1 N–H and O–H groups in total. The molecule has 1 aromatic heterocycles. The van der Waals surface area contributed by atoms with E-state index >= 15 is 0 Å². The lowest BCUT2D eigenvalue weighted by atomic mass is 10.2. The number of aromatic nitrogens is 2. The summed E-state index contributed by atoms with van der Waals surface area (Å²) in [5.74, 6) is -0.518. The van der Waals surface area contributed by atoms with E-state index in [2.05, 4.69) is 20.3 Å². The highest BCUT2D eigenvalue weighted by molar-refractivity contribution is 7.15. The van der Waals surface area contributed by atoms with E-state index in [0.717, 1.165) is 17.8 Å². The molecule has 1 aromatic carbocycles. The van der Waals surface area contributed by atoms with E-state index in [0.29, 0.717) is 5.13 Å². The number of hydrogen-bond donors (Lipinski definition) is 1. The minimum Gasteiger partial charge on any atom is -0.435 e. The Morgan fingerprint density at radius 2 is 2.24 bits per heavy atom. The molecule has 2 rings (SSSR count). The Hall–Kier alpha value is -2.09. The fourth-order valence-electron chi connectivity index (χ4n) is 1.60. The lowest BCUT2D eigenvalue weighted by Gasteiger charge is -2.06. The van der Waals surface area contributed by atoms with Gasteiger partial charge in [-0.2, -0.15) is 8.78 Å². The Kier molecular flexibility index (Phi) is 5.15. The molecule has 0 radical (unpaired) electrons. The summed E-state index contributed by atoms with van der Waals surface area (Å²) in [7, 11) is 0. The number of rotatable bonds is 6. The van der Waals surface area contributed by atoms with Crippen molar-refractivity contribution >= 4 is 22.4 Å². The van der Waals surface area contributed by atoms with E-state index in [9.17, 15) is 13.6 Å². The van der Waals surface area contributed by atoms with Crippen molar-refractivity contribution in [3.63, 3.8) is 0 Å². The first-order chi connectivity index (χ1) is 10.1. The number of anilines is 1. The van der Waals surface area contributed by atoms with Gasteiger partial charge in [-0.05, 0) is 24.6 Å². The number of aryl methyl sites for hydroxylation is 1. The number of ether oxygens (including phenoxy) is 1. The van der Waals surface area contributed by atoms with Crippen molar-refractivity contribution < 1.29 is 18.3 Å². The summed E-state index contributed by atoms with van der Waals surface area (Å²) < 4.78 is 28.5. The average Bonchev–Trinajstić information content (AvgIpc) is 2.86. The topological polar surface area (TPSA) is 64.1 Å². The van der Waals surface area contributed by atoms with Gasteiger partial charge >= 0.3 is 6.61 Å². The van der Waals surface area contributed by atoms with Gasteiger partial charge in [-0.1, -0.05) is 24.3 Å². The molecule has 8 heteroatoms. The van der Waals surface area contributed by atoms with E-state index in [-0.39, 0.29) is 11.3 Å². The van der Waals surface area contributed by atoms with Crippen molar-refractivity contribution in [2.45, 2.75) is 26.4 Å². The first-order valence-electron chi connectivity index (χ1n) is 6.27. The van der Waals surface area contributed by atoms with Crippen LogP contribution in [0.2, 0.25) is 0 Å². The fraction of sp³-hybridized carbons (Fsp3) is 0.308. The van der Waals surface area contributed by atoms with E-state index in [1.165, 1.54) is 35.6 Å². The Morgan fingerprint density at radius 3 is 2.95 bits per heavy atom. The first-order valence-corrected chi connectivity index (χ1v) is 7.08. The van der Waals surface area contributed by atoms with E-state index in [1.54, 1.807) is 0 Å². The number of alkyl halides is 2. The third-order valence-electron chi connectivity index (χ3n) is 2.47. The van der Waals surface area contributed by atoms with Crippen LogP contribution in [0.4, 0.5) is 13.9 Å². The summed E-state index contributed by atoms with van der Waals surface area (Å²) in [6, 6.07) is 5.57. The predicted molar refractivity (Wildman–Crippen MR) is 74.9 cm³/mol. The molecule has 0 atom stereocenters. The molecule has 0 saturated carbocycles. The maximum Gasteiger partial charge on any atom is 0.387 e. The van der Waals surface area contributed by atoms with Gasteiger partial charge in [-0.25, -0.2) is 0 Å². The zero-order valence-electron chi connectivity index (χ0n) is 11.2. The highest BCUT2D eigenvalue weighted by Gasteiger charge is 2.12. The second kappa shape index (κ2) is 7.07. The smallest absolute Gasteiger partial charge is 0.387 e. The Balaban J connectivity index is 2.05. The van der Waals surface area contributed by atoms with Crippen LogP contribution in [0.15, 0.2) is 24.3 Å². The van der Waals surface area contributed by atoms with Gasteiger partial charge in [0.15, 0.2) is 0 Å². The van der Waals surface area contributed by atoms with Gasteiger partial charge in [0.05, 0.1) is 0 Å². The van der Waals surface area contributed by atoms with Crippen LogP contribution in [0.1, 0.15) is 28.7 Å². The molecule has 5 nitrogen and oxygen atoms in total. The summed E-state index contributed by atoms with van der Waals surface area (Å²) in [6.45, 7) is -0.906. The first kappa shape index (κ1) is 15.3. The molecule has 0 bridgehead atoms. The van der Waals surface area contributed by atoms with Crippen LogP contribution in [0.5, 0.6) is 5.75 Å². The average molecular weight is 313 g/mol. The second-order valence-electron chi connectivity index (χ2n) is 4.11. The largest absolute Gasteiger partial charge is 0.435 e. The number of halogens is 2. The van der Waals surface area contributed by atoms with Crippen molar-refractivity contribution in [3.05, 3.63) is 34.8 Å². The molecule has 0 aliphatic rings. The van der Waals surface area contributed by atoms with Crippen LogP contribution >= 0.6 is 11.3 Å². The molecule has 0 saturated heterocycles. The third-order valence-corrected chi connectivity index (χ3v) is 3.37. The number of nitrogens with zero attached hydrogens (tertiary/aromatic N) is 2. The van der Waals surface area contributed by atoms with Crippen molar-refractivity contribution in [2.24, 2.45) is 0 Å². The standard InChI is InChI=1S/C13H13F2N3O2S/c1-2-4-10-17-18-13(21-10)16-11(19)8-5-3-6-9(7-8)20-12(14)15/h3,5-7,12H,2,4H2,1H3,(H,16,18,19). The maximum atomic E-state index is 12.1. The highest BCUT2D eigenvalue weighted by Crippen LogP contribution is 2.19. The monoisotopic (exact) mass is 313 g/mol. The fourth-order valence-corrected chi connectivity index (χ4v) is 2.44. The molecular formula is C13H13F2N3O2S.